The molecule has 1 heterocycles. The molecule has 0 aliphatic carbocycles. The second-order valence-electron chi connectivity index (χ2n) is 4.80. The topological polar surface area (TPSA) is 34.9 Å². The lowest BCUT2D eigenvalue weighted by Crippen LogP contribution is -2.22. The van der Waals surface area contributed by atoms with Gasteiger partial charge in [-0.15, -0.1) is 0 Å². The zero-order valence-electron chi connectivity index (χ0n) is 11.2. The first-order chi connectivity index (χ1) is 9.56. The fourth-order valence-corrected chi connectivity index (χ4v) is 2.83. The van der Waals surface area contributed by atoms with Gasteiger partial charge in [-0.05, 0) is 72.3 Å². The molecule has 0 radical (unpaired) electrons. The Labute approximate surface area is 130 Å². The van der Waals surface area contributed by atoms with Crippen LogP contribution in [0.4, 0.5) is 0 Å². The highest BCUT2D eigenvalue weighted by Crippen LogP contribution is 2.16. The van der Waals surface area contributed by atoms with E-state index >= 15 is 0 Å². The fourth-order valence-electron chi connectivity index (χ4n) is 2.34. The van der Waals surface area contributed by atoms with Gasteiger partial charge < -0.3 is 0 Å². The molecule has 0 atom stereocenters. The molecule has 0 aliphatic rings. The van der Waals surface area contributed by atoms with Gasteiger partial charge in [0.15, 0.2) is 0 Å². The lowest BCUT2D eigenvalue weighted by molar-refractivity contribution is 0.893. The Morgan fingerprint density at radius 3 is 2.65 bits per heavy atom. The summed E-state index contributed by atoms with van der Waals surface area (Å²) in [5.41, 5.74) is 2.71. The Balaban J connectivity index is 2.39. The summed E-state index contributed by atoms with van der Waals surface area (Å²) in [6.07, 6.45) is 0. The first-order valence-corrected chi connectivity index (χ1v) is 7.40. The molecular weight excluding hydrogens is 363 g/mol. The third kappa shape index (κ3) is 2.24. The monoisotopic (exact) mass is 376 g/mol. The molecule has 100 valence electrons. The van der Waals surface area contributed by atoms with Crippen molar-refractivity contribution in [3.8, 4) is 5.69 Å². The van der Waals surface area contributed by atoms with Crippen LogP contribution < -0.4 is 5.56 Å². The molecule has 0 bridgehead atoms. The van der Waals surface area contributed by atoms with Gasteiger partial charge in [-0.1, -0.05) is 12.1 Å². The van der Waals surface area contributed by atoms with E-state index in [0.717, 1.165) is 20.3 Å². The summed E-state index contributed by atoms with van der Waals surface area (Å²) in [5.74, 6) is 0.703. The molecule has 3 nitrogen and oxygen atoms in total. The van der Waals surface area contributed by atoms with Gasteiger partial charge in [0.2, 0.25) is 0 Å². The van der Waals surface area contributed by atoms with Gasteiger partial charge >= 0.3 is 0 Å². The SMILES string of the molecule is Cc1cccc(-n2c(C)nc3ccc(I)cc3c2=O)c1. The lowest BCUT2D eigenvalue weighted by Gasteiger charge is -2.11. The first kappa shape index (κ1) is 13.3. The highest BCUT2D eigenvalue weighted by molar-refractivity contribution is 14.1. The predicted molar refractivity (Wildman–Crippen MR) is 89.5 cm³/mol. The predicted octanol–water partition coefficient (Wildman–Crippen LogP) is 3.61. The molecule has 0 fully saturated rings. The molecule has 0 spiro atoms. The Morgan fingerprint density at radius 2 is 1.90 bits per heavy atom. The smallest absolute Gasteiger partial charge is 0.265 e. The maximum absolute atomic E-state index is 12.7. The molecule has 20 heavy (non-hydrogen) atoms. The Hall–Kier alpha value is -1.69. The lowest BCUT2D eigenvalue weighted by atomic mass is 10.2. The van der Waals surface area contributed by atoms with Crippen LogP contribution in [-0.2, 0) is 0 Å². The number of fused-ring (bicyclic) bond motifs is 1. The van der Waals surface area contributed by atoms with Crippen molar-refractivity contribution in [2.45, 2.75) is 13.8 Å². The number of aryl methyl sites for hydroxylation is 2. The number of benzene rings is 2. The molecule has 0 aliphatic heterocycles. The van der Waals surface area contributed by atoms with Crippen LogP contribution in [0, 0.1) is 17.4 Å². The number of hydrogen-bond donors (Lipinski definition) is 0. The van der Waals surface area contributed by atoms with Crippen molar-refractivity contribution in [3.63, 3.8) is 0 Å². The zero-order valence-corrected chi connectivity index (χ0v) is 13.4. The molecule has 0 N–H and O–H groups in total. The van der Waals surface area contributed by atoms with Crippen molar-refractivity contribution in [3.05, 3.63) is 67.8 Å². The first-order valence-electron chi connectivity index (χ1n) is 6.32. The standard InChI is InChI=1S/C16H13IN2O/c1-10-4-3-5-13(8-10)19-11(2)18-15-7-6-12(17)9-14(15)16(19)20/h3-9H,1-2H3. The summed E-state index contributed by atoms with van der Waals surface area (Å²) >= 11 is 2.21. The summed E-state index contributed by atoms with van der Waals surface area (Å²) in [6, 6.07) is 13.6. The van der Waals surface area contributed by atoms with E-state index in [0.29, 0.717) is 11.2 Å². The third-order valence-corrected chi connectivity index (χ3v) is 3.93. The van der Waals surface area contributed by atoms with E-state index < -0.39 is 0 Å². The van der Waals surface area contributed by atoms with Crippen molar-refractivity contribution < 1.29 is 0 Å². The van der Waals surface area contributed by atoms with Crippen molar-refractivity contribution in [2.75, 3.05) is 0 Å². The van der Waals surface area contributed by atoms with Crippen molar-refractivity contribution >= 4 is 33.5 Å². The van der Waals surface area contributed by atoms with Crippen LogP contribution >= 0.6 is 22.6 Å². The molecule has 1 aromatic heterocycles. The second kappa shape index (κ2) is 5.01. The number of rotatable bonds is 1. The molecule has 3 aromatic rings. The number of hydrogen-bond acceptors (Lipinski definition) is 2. The van der Waals surface area contributed by atoms with Gasteiger partial charge in [0.1, 0.15) is 5.82 Å². The summed E-state index contributed by atoms with van der Waals surface area (Å²) in [4.78, 5) is 17.3. The molecule has 0 saturated carbocycles. The Kier molecular flexibility index (Phi) is 3.33. The minimum absolute atomic E-state index is 0.0170. The van der Waals surface area contributed by atoms with Crippen LogP contribution in [-0.4, -0.2) is 9.55 Å². The second-order valence-corrected chi connectivity index (χ2v) is 6.05. The van der Waals surface area contributed by atoms with E-state index in [1.54, 1.807) is 4.57 Å². The van der Waals surface area contributed by atoms with Crippen molar-refractivity contribution in [1.29, 1.82) is 0 Å². The summed E-state index contributed by atoms with van der Waals surface area (Å²) in [7, 11) is 0. The molecule has 3 rings (SSSR count). The minimum atomic E-state index is -0.0170. The maximum Gasteiger partial charge on any atom is 0.265 e. The Bertz CT molecular complexity index is 868. The average Bonchev–Trinajstić information content (AvgIpc) is 2.40. The highest BCUT2D eigenvalue weighted by Gasteiger charge is 2.10. The molecule has 2 aromatic carbocycles. The van der Waals surface area contributed by atoms with Crippen LogP contribution in [0.15, 0.2) is 47.3 Å². The van der Waals surface area contributed by atoms with E-state index in [4.69, 9.17) is 0 Å². The van der Waals surface area contributed by atoms with Crippen LogP contribution in [0.2, 0.25) is 0 Å². The number of aromatic nitrogens is 2. The van der Waals surface area contributed by atoms with Crippen LogP contribution in [0.5, 0.6) is 0 Å². The Morgan fingerprint density at radius 1 is 1.10 bits per heavy atom. The molecule has 0 unspecified atom stereocenters. The summed E-state index contributed by atoms with van der Waals surface area (Å²) < 4.78 is 2.71. The van der Waals surface area contributed by atoms with Crippen LogP contribution in [0.3, 0.4) is 0 Å². The van der Waals surface area contributed by atoms with Gasteiger partial charge in [-0.25, -0.2) is 4.98 Å². The van der Waals surface area contributed by atoms with Gasteiger partial charge in [0.05, 0.1) is 16.6 Å². The van der Waals surface area contributed by atoms with Crippen molar-refractivity contribution in [1.82, 2.24) is 9.55 Å². The zero-order chi connectivity index (χ0) is 14.3. The van der Waals surface area contributed by atoms with E-state index in [1.807, 2.05) is 56.3 Å². The molecule has 0 saturated heterocycles. The quantitative estimate of drug-likeness (QED) is 0.609. The van der Waals surface area contributed by atoms with Crippen molar-refractivity contribution in [2.24, 2.45) is 0 Å². The normalized spacial score (nSPS) is 10.9. The van der Waals surface area contributed by atoms with Crippen LogP contribution in [0.25, 0.3) is 16.6 Å². The summed E-state index contributed by atoms with van der Waals surface area (Å²) in [5, 5.41) is 0.656. The van der Waals surface area contributed by atoms with E-state index in [2.05, 4.69) is 27.6 Å². The molecule has 0 amide bonds. The van der Waals surface area contributed by atoms with E-state index in [1.165, 1.54) is 0 Å². The number of halogens is 1. The van der Waals surface area contributed by atoms with Gasteiger partial charge in [-0.2, -0.15) is 0 Å². The summed E-state index contributed by atoms with van der Waals surface area (Å²) in [6.45, 7) is 3.88. The maximum atomic E-state index is 12.7. The number of nitrogens with zero attached hydrogens (tertiary/aromatic N) is 2. The average molecular weight is 376 g/mol. The molecular formula is C16H13IN2O. The van der Waals surface area contributed by atoms with E-state index in [-0.39, 0.29) is 5.56 Å². The minimum Gasteiger partial charge on any atom is -0.268 e. The third-order valence-electron chi connectivity index (χ3n) is 3.26. The van der Waals surface area contributed by atoms with Gasteiger partial charge in [0.25, 0.3) is 5.56 Å². The highest BCUT2D eigenvalue weighted by atomic mass is 127. The van der Waals surface area contributed by atoms with Crippen LogP contribution in [0.1, 0.15) is 11.4 Å². The van der Waals surface area contributed by atoms with E-state index in [9.17, 15) is 4.79 Å². The van der Waals surface area contributed by atoms with Gasteiger partial charge in [-0.3, -0.25) is 9.36 Å². The largest absolute Gasteiger partial charge is 0.268 e. The van der Waals surface area contributed by atoms with Gasteiger partial charge in [0, 0.05) is 3.57 Å². The molecule has 4 heteroatoms. The fraction of sp³-hybridized carbons (Fsp3) is 0.125.